The number of methoxy groups -OCH3 is 1. The molecule has 0 atom stereocenters. The Hall–Kier alpha value is -3.72. The Morgan fingerprint density at radius 1 is 1.10 bits per heavy atom. The molecule has 2 aromatic carbocycles. The summed E-state index contributed by atoms with van der Waals surface area (Å²) in [6.45, 7) is 3.69. The molecule has 0 bridgehead atoms. The lowest BCUT2D eigenvalue weighted by molar-refractivity contribution is -0.123. The van der Waals surface area contributed by atoms with Crippen molar-refractivity contribution in [2.75, 3.05) is 19.0 Å². The van der Waals surface area contributed by atoms with Crippen molar-refractivity contribution in [3.05, 3.63) is 58.7 Å². The van der Waals surface area contributed by atoms with E-state index in [0.29, 0.717) is 17.1 Å². The SMILES string of the molecule is COc1cc(C=C2C(=O)NC(=S)NC2=O)ccc1OCC(=O)Nc1cccc(C)c1C. The Labute approximate surface area is 184 Å². The van der Waals surface area contributed by atoms with Crippen molar-refractivity contribution in [1.82, 2.24) is 10.6 Å². The van der Waals surface area contributed by atoms with Crippen LogP contribution in [0.15, 0.2) is 42.0 Å². The molecule has 0 radical (unpaired) electrons. The van der Waals surface area contributed by atoms with Gasteiger partial charge in [-0.05, 0) is 67.0 Å². The predicted octanol–water partition coefficient (Wildman–Crippen LogP) is 2.24. The first-order valence-electron chi connectivity index (χ1n) is 9.33. The van der Waals surface area contributed by atoms with E-state index in [1.165, 1.54) is 13.2 Å². The molecule has 1 heterocycles. The number of aryl methyl sites for hydroxylation is 1. The highest BCUT2D eigenvalue weighted by Crippen LogP contribution is 2.29. The molecule has 0 saturated carbocycles. The molecule has 31 heavy (non-hydrogen) atoms. The number of carbonyl (C=O) groups is 3. The maximum absolute atomic E-state index is 12.3. The van der Waals surface area contributed by atoms with Crippen LogP contribution in [0.5, 0.6) is 11.5 Å². The van der Waals surface area contributed by atoms with E-state index in [-0.39, 0.29) is 23.2 Å². The molecule has 0 aliphatic carbocycles. The van der Waals surface area contributed by atoms with E-state index >= 15 is 0 Å². The minimum Gasteiger partial charge on any atom is -0.493 e. The van der Waals surface area contributed by atoms with Crippen LogP contribution in [0.25, 0.3) is 6.08 Å². The number of thiocarbonyl (C=S) groups is 1. The van der Waals surface area contributed by atoms with E-state index in [9.17, 15) is 14.4 Å². The van der Waals surface area contributed by atoms with Crippen molar-refractivity contribution in [2.24, 2.45) is 0 Å². The standard InChI is InChI=1S/C22H21N3O5S/c1-12-5-4-6-16(13(12)2)23-19(26)11-30-17-8-7-14(10-18(17)29-3)9-15-20(27)24-22(31)25-21(15)28/h4-10H,11H2,1-3H3,(H,23,26)(H2,24,25,27,28,31). The molecular weight excluding hydrogens is 418 g/mol. The van der Waals surface area contributed by atoms with E-state index in [0.717, 1.165) is 16.8 Å². The second-order valence-electron chi connectivity index (χ2n) is 6.79. The zero-order valence-electron chi connectivity index (χ0n) is 17.2. The Morgan fingerprint density at radius 2 is 1.81 bits per heavy atom. The van der Waals surface area contributed by atoms with Crippen LogP contribution in [0.2, 0.25) is 0 Å². The highest BCUT2D eigenvalue weighted by molar-refractivity contribution is 7.80. The van der Waals surface area contributed by atoms with Crippen molar-refractivity contribution in [3.8, 4) is 11.5 Å². The third-order valence-corrected chi connectivity index (χ3v) is 4.88. The van der Waals surface area contributed by atoms with E-state index < -0.39 is 11.8 Å². The van der Waals surface area contributed by atoms with E-state index in [4.69, 9.17) is 21.7 Å². The third-order valence-electron chi connectivity index (χ3n) is 4.68. The average molecular weight is 439 g/mol. The van der Waals surface area contributed by atoms with Gasteiger partial charge in [-0.25, -0.2) is 0 Å². The van der Waals surface area contributed by atoms with Crippen LogP contribution in [0.4, 0.5) is 5.69 Å². The molecule has 0 spiro atoms. The quantitative estimate of drug-likeness (QED) is 0.362. The van der Waals surface area contributed by atoms with Crippen LogP contribution in [0.1, 0.15) is 16.7 Å². The lowest BCUT2D eigenvalue weighted by Crippen LogP contribution is -2.51. The van der Waals surface area contributed by atoms with Crippen molar-refractivity contribution >= 4 is 46.8 Å². The van der Waals surface area contributed by atoms with Crippen molar-refractivity contribution < 1.29 is 23.9 Å². The fourth-order valence-corrected chi connectivity index (χ4v) is 3.07. The monoisotopic (exact) mass is 439 g/mol. The molecule has 160 valence electrons. The van der Waals surface area contributed by atoms with E-state index in [2.05, 4.69) is 16.0 Å². The molecule has 0 unspecified atom stereocenters. The molecule has 3 amide bonds. The summed E-state index contributed by atoms with van der Waals surface area (Å²) in [5.41, 5.74) is 3.25. The van der Waals surface area contributed by atoms with Crippen molar-refractivity contribution in [3.63, 3.8) is 0 Å². The number of amides is 3. The molecular formula is C22H21N3O5S. The Bertz CT molecular complexity index is 1090. The Balaban J connectivity index is 1.70. The second-order valence-corrected chi connectivity index (χ2v) is 7.20. The number of hydrogen-bond donors (Lipinski definition) is 3. The summed E-state index contributed by atoms with van der Waals surface area (Å²) in [4.78, 5) is 36.3. The van der Waals surface area contributed by atoms with Gasteiger partial charge in [0.2, 0.25) is 0 Å². The smallest absolute Gasteiger partial charge is 0.263 e. The molecule has 9 heteroatoms. The lowest BCUT2D eigenvalue weighted by Gasteiger charge is -2.16. The number of benzene rings is 2. The largest absolute Gasteiger partial charge is 0.493 e. The Morgan fingerprint density at radius 3 is 2.48 bits per heavy atom. The molecule has 1 fully saturated rings. The summed E-state index contributed by atoms with van der Waals surface area (Å²) < 4.78 is 10.9. The normalized spacial score (nSPS) is 13.3. The number of carbonyl (C=O) groups excluding carboxylic acids is 3. The van der Waals surface area contributed by atoms with Gasteiger partial charge in [0.1, 0.15) is 5.57 Å². The highest BCUT2D eigenvalue weighted by Gasteiger charge is 2.25. The molecule has 0 aromatic heterocycles. The summed E-state index contributed by atoms with van der Waals surface area (Å²) in [6, 6.07) is 10.5. The number of ether oxygens (including phenoxy) is 2. The summed E-state index contributed by atoms with van der Waals surface area (Å²) in [7, 11) is 1.45. The highest BCUT2D eigenvalue weighted by atomic mass is 32.1. The topological polar surface area (TPSA) is 106 Å². The van der Waals surface area contributed by atoms with Gasteiger partial charge >= 0.3 is 0 Å². The van der Waals surface area contributed by atoms with Crippen LogP contribution >= 0.6 is 12.2 Å². The first-order chi connectivity index (χ1) is 14.8. The zero-order chi connectivity index (χ0) is 22.5. The Kier molecular flexibility index (Phi) is 6.66. The molecule has 2 aromatic rings. The summed E-state index contributed by atoms with van der Waals surface area (Å²) >= 11 is 4.78. The van der Waals surface area contributed by atoms with Gasteiger partial charge in [-0.3, -0.25) is 25.0 Å². The molecule has 3 N–H and O–H groups in total. The van der Waals surface area contributed by atoms with E-state index in [1.54, 1.807) is 18.2 Å². The lowest BCUT2D eigenvalue weighted by atomic mass is 10.1. The van der Waals surface area contributed by atoms with Gasteiger partial charge in [0.25, 0.3) is 17.7 Å². The predicted molar refractivity (Wildman–Crippen MR) is 120 cm³/mol. The fourth-order valence-electron chi connectivity index (χ4n) is 2.88. The van der Waals surface area contributed by atoms with Crippen molar-refractivity contribution in [1.29, 1.82) is 0 Å². The first-order valence-corrected chi connectivity index (χ1v) is 9.74. The van der Waals surface area contributed by atoms with Gasteiger partial charge < -0.3 is 14.8 Å². The average Bonchev–Trinajstić information content (AvgIpc) is 2.72. The van der Waals surface area contributed by atoms with E-state index in [1.807, 2.05) is 32.0 Å². The number of rotatable bonds is 6. The summed E-state index contributed by atoms with van der Waals surface area (Å²) in [6.07, 6.45) is 1.41. The number of anilines is 1. The van der Waals surface area contributed by atoms with Crippen LogP contribution in [0, 0.1) is 13.8 Å². The first kappa shape index (κ1) is 22.0. The fraction of sp³-hybridized carbons (Fsp3) is 0.182. The van der Waals surface area contributed by atoms with Gasteiger partial charge in [0.15, 0.2) is 23.2 Å². The molecule has 3 rings (SSSR count). The number of nitrogens with one attached hydrogen (secondary N) is 3. The maximum Gasteiger partial charge on any atom is 0.263 e. The minimum absolute atomic E-state index is 0.0346. The van der Waals surface area contributed by atoms with Gasteiger partial charge in [0.05, 0.1) is 7.11 Å². The third kappa shape index (κ3) is 5.26. The van der Waals surface area contributed by atoms with Gasteiger partial charge in [-0.15, -0.1) is 0 Å². The van der Waals surface area contributed by atoms with Gasteiger partial charge in [0, 0.05) is 5.69 Å². The van der Waals surface area contributed by atoms with Gasteiger partial charge in [-0.2, -0.15) is 0 Å². The van der Waals surface area contributed by atoms with Crippen LogP contribution in [-0.4, -0.2) is 36.6 Å². The summed E-state index contributed by atoms with van der Waals surface area (Å²) in [5, 5.41) is 7.53. The molecule has 1 aliphatic rings. The second kappa shape index (κ2) is 9.40. The maximum atomic E-state index is 12.3. The van der Waals surface area contributed by atoms with Crippen LogP contribution in [-0.2, 0) is 14.4 Å². The van der Waals surface area contributed by atoms with Crippen molar-refractivity contribution in [2.45, 2.75) is 13.8 Å². The number of hydrogen-bond acceptors (Lipinski definition) is 6. The van der Waals surface area contributed by atoms with Gasteiger partial charge in [-0.1, -0.05) is 18.2 Å². The summed E-state index contributed by atoms with van der Waals surface area (Å²) in [5.74, 6) is -0.790. The zero-order valence-corrected chi connectivity index (χ0v) is 18.0. The van der Waals surface area contributed by atoms with Crippen LogP contribution in [0.3, 0.4) is 0 Å². The van der Waals surface area contributed by atoms with Crippen LogP contribution < -0.4 is 25.4 Å². The molecule has 1 aliphatic heterocycles. The minimum atomic E-state index is -0.587. The molecule has 8 nitrogen and oxygen atoms in total. The molecule has 1 saturated heterocycles.